The molecule has 1 N–H and O–H groups in total. The lowest BCUT2D eigenvalue weighted by molar-refractivity contribution is -0.274. The van der Waals surface area contributed by atoms with Crippen LogP contribution in [0, 0.1) is 0 Å². The van der Waals surface area contributed by atoms with E-state index in [1.807, 2.05) is 0 Å². The molecule has 6 nitrogen and oxygen atoms in total. The average molecular weight is 428 g/mol. The molecule has 0 saturated carbocycles. The van der Waals surface area contributed by atoms with Crippen molar-refractivity contribution in [2.75, 3.05) is 13.1 Å². The first-order chi connectivity index (χ1) is 13.6. The van der Waals surface area contributed by atoms with Crippen molar-refractivity contribution in [1.82, 2.24) is 10.2 Å². The number of nitrogens with zero attached hydrogens (tertiary/aromatic N) is 1. The summed E-state index contributed by atoms with van der Waals surface area (Å²) in [5, 5.41) is 1.90. The second-order valence-electron chi connectivity index (χ2n) is 6.57. The fraction of sp³-hybridized carbons (Fsp3) is 0.316. The first-order valence-corrected chi connectivity index (χ1v) is 10.4. The van der Waals surface area contributed by atoms with Crippen molar-refractivity contribution in [3.05, 3.63) is 60.2 Å². The van der Waals surface area contributed by atoms with Gasteiger partial charge in [-0.15, -0.1) is 13.2 Å². The number of carbonyl (C=O) groups is 1. The second kappa shape index (κ2) is 8.32. The van der Waals surface area contributed by atoms with Crippen LogP contribution in [0.2, 0.25) is 0 Å². The van der Waals surface area contributed by atoms with Gasteiger partial charge in [0, 0.05) is 19.6 Å². The van der Waals surface area contributed by atoms with Crippen LogP contribution in [0.4, 0.5) is 18.0 Å². The zero-order chi connectivity index (χ0) is 21.1. The molecule has 1 heterocycles. The molecular formula is C19H19F3N2O4S. The molecule has 2 aromatic carbocycles. The average Bonchev–Trinajstić information content (AvgIpc) is 3.17. The number of alkyl halides is 3. The van der Waals surface area contributed by atoms with Gasteiger partial charge in [-0.25, -0.2) is 13.2 Å². The third-order valence-corrected chi connectivity index (χ3v) is 6.71. The van der Waals surface area contributed by atoms with Gasteiger partial charge in [0.15, 0.2) is 9.84 Å². The molecule has 1 atom stereocenters. The van der Waals surface area contributed by atoms with Gasteiger partial charge in [0.05, 0.1) is 10.1 Å². The van der Waals surface area contributed by atoms with Crippen LogP contribution in [0.15, 0.2) is 59.5 Å². The molecule has 0 bridgehead atoms. The lowest BCUT2D eigenvalue weighted by Crippen LogP contribution is -2.39. The monoisotopic (exact) mass is 428 g/mol. The molecule has 0 aromatic heterocycles. The van der Waals surface area contributed by atoms with E-state index in [1.54, 1.807) is 24.3 Å². The van der Waals surface area contributed by atoms with Crippen molar-refractivity contribution in [2.24, 2.45) is 0 Å². The van der Waals surface area contributed by atoms with E-state index in [1.165, 1.54) is 29.2 Å². The normalized spacial score (nSPS) is 17.2. The topological polar surface area (TPSA) is 75.7 Å². The Morgan fingerprint density at radius 1 is 1.14 bits per heavy atom. The van der Waals surface area contributed by atoms with E-state index in [2.05, 4.69) is 10.1 Å². The van der Waals surface area contributed by atoms with Crippen molar-refractivity contribution in [3.63, 3.8) is 0 Å². The highest BCUT2D eigenvalue weighted by Gasteiger charge is 2.36. The molecule has 0 aliphatic carbocycles. The first-order valence-electron chi connectivity index (χ1n) is 8.81. The summed E-state index contributed by atoms with van der Waals surface area (Å²) in [4.78, 5) is 14.0. The molecule has 0 radical (unpaired) electrons. The molecular weight excluding hydrogens is 409 g/mol. The van der Waals surface area contributed by atoms with Crippen LogP contribution >= 0.6 is 0 Å². The summed E-state index contributed by atoms with van der Waals surface area (Å²) in [5.74, 6) is -0.376. The fourth-order valence-corrected chi connectivity index (χ4v) is 4.82. The molecule has 156 valence electrons. The quantitative estimate of drug-likeness (QED) is 0.793. The van der Waals surface area contributed by atoms with E-state index >= 15 is 0 Å². The zero-order valence-corrected chi connectivity index (χ0v) is 16.0. The van der Waals surface area contributed by atoms with Crippen molar-refractivity contribution >= 4 is 15.9 Å². The molecule has 1 unspecified atom stereocenters. The van der Waals surface area contributed by atoms with Crippen LogP contribution in [-0.4, -0.2) is 44.1 Å². The maximum atomic E-state index is 12.7. The minimum Gasteiger partial charge on any atom is -0.406 e. The predicted molar refractivity (Wildman–Crippen MR) is 99.0 cm³/mol. The number of carbonyl (C=O) groups excluding carboxylic acids is 1. The van der Waals surface area contributed by atoms with Crippen LogP contribution in [0.25, 0.3) is 0 Å². The smallest absolute Gasteiger partial charge is 0.406 e. The number of hydrogen-bond acceptors (Lipinski definition) is 4. The SMILES string of the molecule is O=C(NCc1cccc(OC(F)(F)F)c1)N1CCC(S(=O)(=O)c2ccccc2)C1. The lowest BCUT2D eigenvalue weighted by Gasteiger charge is -2.18. The number of halogens is 3. The van der Waals surface area contributed by atoms with E-state index in [4.69, 9.17) is 0 Å². The Kier molecular flexibility index (Phi) is 6.02. The predicted octanol–water partition coefficient (Wildman–Crippen LogP) is 3.34. The molecule has 1 saturated heterocycles. The van der Waals surface area contributed by atoms with Gasteiger partial charge in [-0.05, 0) is 36.2 Å². The van der Waals surface area contributed by atoms with Gasteiger partial charge >= 0.3 is 12.4 Å². The Morgan fingerprint density at radius 2 is 1.86 bits per heavy atom. The number of ether oxygens (including phenoxy) is 1. The van der Waals surface area contributed by atoms with Gasteiger partial charge in [-0.3, -0.25) is 0 Å². The van der Waals surface area contributed by atoms with Crippen LogP contribution in [0.1, 0.15) is 12.0 Å². The number of nitrogens with one attached hydrogen (secondary N) is 1. The number of hydrogen-bond donors (Lipinski definition) is 1. The number of likely N-dealkylation sites (tertiary alicyclic amines) is 1. The van der Waals surface area contributed by atoms with Crippen LogP contribution in [-0.2, 0) is 16.4 Å². The molecule has 10 heteroatoms. The van der Waals surface area contributed by atoms with Gasteiger partial charge in [-0.2, -0.15) is 0 Å². The number of rotatable bonds is 5. The van der Waals surface area contributed by atoms with Crippen molar-refractivity contribution in [1.29, 1.82) is 0 Å². The molecule has 1 fully saturated rings. The number of sulfone groups is 1. The summed E-state index contributed by atoms with van der Waals surface area (Å²) < 4.78 is 66.1. The van der Waals surface area contributed by atoms with Crippen LogP contribution in [0.3, 0.4) is 0 Å². The van der Waals surface area contributed by atoms with E-state index in [9.17, 15) is 26.4 Å². The minimum atomic E-state index is -4.79. The van der Waals surface area contributed by atoms with E-state index < -0.39 is 27.5 Å². The standard InChI is InChI=1S/C19H19F3N2O4S/c20-19(21,22)28-15-6-4-5-14(11-15)12-23-18(25)24-10-9-17(13-24)29(26,27)16-7-2-1-3-8-16/h1-8,11,17H,9-10,12-13H2,(H,23,25). The molecule has 3 rings (SSSR count). The van der Waals surface area contributed by atoms with Gasteiger partial charge in [-0.1, -0.05) is 30.3 Å². The van der Waals surface area contributed by atoms with Crippen molar-refractivity contribution in [2.45, 2.75) is 29.5 Å². The summed E-state index contributed by atoms with van der Waals surface area (Å²) in [5.41, 5.74) is 0.424. The van der Waals surface area contributed by atoms with E-state index in [0.29, 0.717) is 12.0 Å². The highest BCUT2D eigenvalue weighted by atomic mass is 32.2. The third-order valence-electron chi connectivity index (χ3n) is 4.52. The van der Waals surface area contributed by atoms with Crippen LogP contribution in [0.5, 0.6) is 5.75 Å². The van der Waals surface area contributed by atoms with Crippen LogP contribution < -0.4 is 10.1 Å². The molecule has 1 aliphatic rings. The first kappa shape index (κ1) is 21.0. The molecule has 1 aliphatic heterocycles. The number of amides is 2. The Balaban J connectivity index is 1.57. The van der Waals surface area contributed by atoms with E-state index in [0.717, 1.165) is 6.07 Å². The largest absolute Gasteiger partial charge is 0.573 e. The summed E-state index contributed by atoms with van der Waals surface area (Å²) in [6.45, 7) is 0.320. The summed E-state index contributed by atoms with van der Waals surface area (Å²) in [6, 6.07) is 12.9. The summed E-state index contributed by atoms with van der Waals surface area (Å²) >= 11 is 0. The van der Waals surface area contributed by atoms with Gasteiger partial charge in [0.2, 0.25) is 0 Å². The minimum absolute atomic E-state index is 0.0134. The number of urea groups is 1. The Morgan fingerprint density at radius 3 is 2.55 bits per heavy atom. The van der Waals surface area contributed by atoms with Crippen molar-refractivity contribution in [3.8, 4) is 5.75 Å². The highest BCUT2D eigenvalue weighted by Crippen LogP contribution is 2.25. The van der Waals surface area contributed by atoms with E-state index in [-0.39, 0.29) is 30.3 Å². The van der Waals surface area contributed by atoms with Crippen molar-refractivity contribution < 1.29 is 31.1 Å². The molecule has 2 amide bonds. The van der Waals surface area contributed by atoms with Gasteiger partial charge in [0.1, 0.15) is 5.75 Å². The molecule has 29 heavy (non-hydrogen) atoms. The zero-order valence-electron chi connectivity index (χ0n) is 15.2. The number of benzene rings is 2. The van der Waals surface area contributed by atoms with Gasteiger partial charge in [0.25, 0.3) is 0 Å². The Bertz CT molecular complexity index is 965. The lowest BCUT2D eigenvalue weighted by atomic mass is 10.2. The maximum absolute atomic E-state index is 12.7. The second-order valence-corrected chi connectivity index (χ2v) is 8.80. The Hall–Kier alpha value is -2.75. The molecule has 2 aromatic rings. The Labute approximate surface area is 166 Å². The highest BCUT2D eigenvalue weighted by molar-refractivity contribution is 7.92. The maximum Gasteiger partial charge on any atom is 0.573 e. The molecule has 0 spiro atoms. The van der Waals surface area contributed by atoms with Gasteiger partial charge < -0.3 is 15.0 Å². The summed E-state index contributed by atoms with van der Waals surface area (Å²) in [7, 11) is -3.54. The fourth-order valence-electron chi connectivity index (χ4n) is 3.11. The summed E-state index contributed by atoms with van der Waals surface area (Å²) in [6.07, 6.45) is -4.48. The third kappa shape index (κ3) is 5.41.